The monoisotopic (exact) mass is 242 g/mol. The van der Waals surface area contributed by atoms with Gasteiger partial charge in [-0.1, -0.05) is 43.2 Å². The molecule has 1 nitrogen and oxygen atoms in total. The van der Waals surface area contributed by atoms with Gasteiger partial charge < -0.3 is 4.74 Å². The lowest BCUT2D eigenvalue weighted by Crippen LogP contribution is -2.24. The molecule has 0 radical (unpaired) electrons. The molecule has 1 aliphatic heterocycles. The Morgan fingerprint density at radius 3 is 2.44 bits per heavy atom. The van der Waals surface area contributed by atoms with Crippen molar-refractivity contribution in [3.05, 3.63) is 35.9 Å². The fourth-order valence-corrected chi connectivity index (χ4v) is 4.82. The molecular formula is C17H22O. The zero-order chi connectivity index (χ0) is 12.0. The Bertz CT molecular complexity index is 412. The summed E-state index contributed by atoms with van der Waals surface area (Å²) in [5, 5.41) is 0. The zero-order valence-electron chi connectivity index (χ0n) is 11.0. The van der Waals surface area contributed by atoms with Crippen molar-refractivity contribution in [2.24, 2.45) is 17.8 Å². The van der Waals surface area contributed by atoms with Crippen molar-refractivity contribution < 1.29 is 4.74 Å². The molecule has 96 valence electrons. The van der Waals surface area contributed by atoms with Crippen molar-refractivity contribution >= 4 is 0 Å². The van der Waals surface area contributed by atoms with Crippen LogP contribution in [0.25, 0.3) is 0 Å². The van der Waals surface area contributed by atoms with Crippen LogP contribution in [0.15, 0.2) is 30.3 Å². The first-order valence-corrected chi connectivity index (χ1v) is 7.59. The molecule has 2 unspecified atom stereocenters. The summed E-state index contributed by atoms with van der Waals surface area (Å²) in [4.78, 5) is 0. The number of fused-ring (bicyclic) bond motifs is 3. The summed E-state index contributed by atoms with van der Waals surface area (Å²) >= 11 is 0. The van der Waals surface area contributed by atoms with Crippen LogP contribution in [0, 0.1) is 17.8 Å². The molecule has 1 heterocycles. The van der Waals surface area contributed by atoms with E-state index in [0.29, 0.717) is 5.60 Å². The second kappa shape index (κ2) is 4.09. The predicted octanol–water partition coefficient (Wildman–Crippen LogP) is 3.82. The molecule has 4 atom stereocenters. The third-order valence-electron chi connectivity index (χ3n) is 5.60. The van der Waals surface area contributed by atoms with E-state index in [9.17, 15) is 0 Å². The van der Waals surface area contributed by atoms with Crippen LogP contribution in [0.1, 0.15) is 37.7 Å². The molecule has 0 aromatic heterocycles. The van der Waals surface area contributed by atoms with Gasteiger partial charge in [-0.15, -0.1) is 0 Å². The summed E-state index contributed by atoms with van der Waals surface area (Å²) in [5.74, 6) is 2.60. The Labute approximate surface area is 110 Å². The van der Waals surface area contributed by atoms with Crippen LogP contribution >= 0.6 is 0 Å². The van der Waals surface area contributed by atoms with E-state index < -0.39 is 0 Å². The Kier molecular flexibility index (Phi) is 2.51. The van der Waals surface area contributed by atoms with Crippen LogP contribution in [0.5, 0.6) is 0 Å². The lowest BCUT2D eigenvalue weighted by Gasteiger charge is -2.20. The van der Waals surface area contributed by atoms with Crippen molar-refractivity contribution in [1.82, 2.24) is 0 Å². The first kappa shape index (κ1) is 11.0. The Morgan fingerprint density at radius 2 is 1.72 bits per heavy atom. The fourth-order valence-electron chi connectivity index (χ4n) is 4.82. The normalized spacial score (nSPS) is 41.9. The van der Waals surface area contributed by atoms with Gasteiger partial charge in [0.25, 0.3) is 0 Å². The third kappa shape index (κ3) is 1.50. The summed E-state index contributed by atoms with van der Waals surface area (Å²) in [7, 11) is 0. The quantitative estimate of drug-likeness (QED) is 0.766. The topological polar surface area (TPSA) is 9.23 Å². The number of hydrogen-bond acceptors (Lipinski definition) is 1. The van der Waals surface area contributed by atoms with Crippen LogP contribution in [-0.4, -0.2) is 12.2 Å². The lowest BCUT2D eigenvalue weighted by molar-refractivity contribution is 0.0432. The molecule has 0 bridgehead atoms. The average molecular weight is 242 g/mol. The minimum Gasteiger partial charge on any atom is -0.374 e. The molecule has 18 heavy (non-hydrogen) atoms. The number of benzene rings is 1. The van der Waals surface area contributed by atoms with Gasteiger partial charge in [-0.2, -0.15) is 0 Å². The SMILES string of the molecule is c1ccc(CC2CCOC23[C@@H]2CCCC[C@@H]23)cc1. The smallest absolute Gasteiger partial charge is 0.0777 e. The molecule has 0 amide bonds. The molecule has 1 saturated heterocycles. The van der Waals surface area contributed by atoms with Crippen LogP contribution in [0.4, 0.5) is 0 Å². The Balaban J connectivity index is 1.55. The summed E-state index contributed by atoms with van der Waals surface area (Å²) in [5.41, 5.74) is 1.81. The maximum atomic E-state index is 6.28. The maximum absolute atomic E-state index is 6.28. The molecule has 1 aromatic rings. The highest BCUT2D eigenvalue weighted by Gasteiger charge is 2.70. The van der Waals surface area contributed by atoms with Crippen LogP contribution in [0.3, 0.4) is 0 Å². The summed E-state index contributed by atoms with van der Waals surface area (Å²) in [6.45, 7) is 1.00. The summed E-state index contributed by atoms with van der Waals surface area (Å²) in [6, 6.07) is 11.0. The largest absolute Gasteiger partial charge is 0.374 e. The van der Waals surface area contributed by atoms with Crippen molar-refractivity contribution in [1.29, 1.82) is 0 Å². The van der Waals surface area contributed by atoms with Gasteiger partial charge in [0.1, 0.15) is 0 Å². The van der Waals surface area contributed by atoms with E-state index in [0.717, 1.165) is 24.4 Å². The van der Waals surface area contributed by atoms with Crippen LogP contribution < -0.4 is 0 Å². The molecule has 1 spiro atoms. The molecule has 4 rings (SSSR count). The highest BCUT2D eigenvalue weighted by molar-refractivity contribution is 5.23. The van der Waals surface area contributed by atoms with Crippen LogP contribution in [-0.2, 0) is 11.2 Å². The van der Waals surface area contributed by atoms with Crippen molar-refractivity contribution in [2.75, 3.05) is 6.61 Å². The van der Waals surface area contributed by atoms with E-state index in [2.05, 4.69) is 30.3 Å². The second-order valence-electron chi connectivity index (χ2n) is 6.37. The molecule has 1 heteroatoms. The van der Waals surface area contributed by atoms with E-state index >= 15 is 0 Å². The molecule has 3 aliphatic rings. The Hall–Kier alpha value is -0.820. The van der Waals surface area contributed by atoms with Gasteiger partial charge in [0.15, 0.2) is 0 Å². The van der Waals surface area contributed by atoms with Crippen molar-refractivity contribution in [2.45, 2.75) is 44.1 Å². The van der Waals surface area contributed by atoms with Crippen molar-refractivity contribution in [3.8, 4) is 0 Å². The number of ether oxygens (including phenoxy) is 1. The zero-order valence-corrected chi connectivity index (χ0v) is 11.0. The molecule has 2 aliphatic carbocycles. The van der Waals surface area contributed by atoms with Gasteiger partial charge in [-0.25, -0.2) is 0 Å². The lowest BCUT2D eigenvalue weighted by atomic mass is 9.89. The van der Waals surface area contributed by atoms with Crippen molar-refractivity contribution in [3.63, 3.8) is 0 Å². The van der Waals surface area contributed by atoms with E-state index in [1.807, 2.05) is 0 Å². The predicted molar refractivity (Wildman–Crippen MR) is 72.4 cm³/mol. The maximum Gasteiger partial charge on any atom is 0.0777 e. The van der Waals surface area contributed by atoms with Gasteiger partial charge in [-0.3, -0.25) is 0 Å². The summed E-state index contributed by atoms with van der Waals surface area (Å²) < 4.78 is 6.28. The van der Waals surface area contributed by atoms with E-state index in [1.54, 1.807) is 0 Å². The van der Waals surface area contributed by atoms with E-state index in [1.165, 1.54) is 44.1 Å². The minimum atomic E-state index is 0.312. The van der Waals surface area contributed by atoms with Gasteiger partial charge in [0, 0.05) is 6.61 Å². The second-order valence-corrected chi connectivity index (χ2v) is 6.37. The fraction of sp³-hybridized carbons (Fsp3) is 0.647. The number of rotatable bonds is 2. The standard InChI is InChI=1S/C17H22O/c1-2-6-13(7-3-1)12-14-10-11-18-17(14)15-8-4-5-9-16(15)17/h1-3,6-7,14-16H,4-5,8-12H2/t14?,15-,16+,17?. The molecule has 3 fully saturated rings. The average Bonchev–Trinajstić information content (AvgIpc) is 2.88. The highest BCUT2D eigenvalue weighted by atomic mass is 16.5. The first-order valence-electron chi connectivity index (χ1n) is 7.59. The molecular weight excluding hydrogens is 220 g/mol. The number of hydrogen-bond donors (Lipinski definition) is 0. The van der Waals surface area contributed by atoms with Gasteiger partial charge in [0.05, 0.1) is 5.60 Å². The van der Waals surface area contributed by atoms with Gasteiger partial charge in [0.2, 0.25) is 0 Å². The van der Waals surface area contributed by atoms with Gasteiger partial charge >= 0.3 is 0 Å². The van der Waals surface area contributed by atoms with E-state index in [4.69, 9.17) is 4.74 Å². The Morgan fingerprint density at radius 1 is 1.00 bits per heavy atom. The van der Waals surface area contributed by atoms with Crippen LogP contribution in [0.2, 0.25) is 0 Å². The third-order valence-corrected chi connectivity index (χ3v) is 5.60. The molecule has 2 saturated carbocycles. The first-order chi connectivity index (χ1) is 8.91. The molecule has 0 N–H and O–H groups in total. The summed E-state index contributed by atoms with van der Waals surface area (Å²) in [6.07, 6.45) is 8.23. The minimum absolute atomic E-state index is 0.312. The van der Waals surface area contributed by atoms with E-state index in [-0.39, 0.29) is 0 Å². The molecule has 1 aromatic carbocycles. The van der Waals surface area contributed by atoms with Gasteiger partial charge in [-0.05, 0) is 49.0 Å². The highest BCUT2D eigenvalue weighted by Crippen LogP contribution is 2.67.